The summed E-state index contributed by atoms with van der Waals surface area (Å²) in [5.74, 6) is 1.11. The zero-order valence-corrected chi connectivity index (χ0v) is 17.1. The second-order valence-electron chi connectivity index (χ2n) is 7.92. The Morgan fingerprint density at radius 2 is 1.59 bits per heavy atom. The van der Waals surface area contributed by atoms with E-state index >= 15 is 0 Å². The van der Waals surface area contributed by atoms with Gasteiger partial charge in [-0.05, 0) is 66.4 Å². The van der Waals surface area contributed by atoms with Crippen molar-refractivity contribution in [3.63, 3.8) is 0 Å². The number of carbonyl (C=O) groups is 2. The van der Waals surface area contributed by atoms with Crippen molar-refractivity contribution in [2.24, 2.45) is 0 Å². The summed E-state index contributed by atoms with van der Waals surface area (Å²) >= 11 is 0. The summed E-state index contributed by atoms with van der Waals surface area (Å²) in [4.78, 5) is 23.7. The highest BCUT2D eigenvalue weighted by atomic mass is 16.5. The van der Waals surface area contributed by atoms with Crippen LogP contribution in [0, 0.1) is 0 Å². The number of benzene rings is 2. The quantitative estimate of drug-likeness (QED) is 0.555. The molecule has 1 aromatic heterocycles. The van der Waals surface area contributed by atoms with Gasteiger partial charge in [0.1, 0.15) is 18.1 Å². The molecule has 0 aliphatic heterocycles. The molecule has 0 atom stereocenters. The maximum atomic E-state index is 12.3. The Morgan fingerprint density at radius 3 is 2.17 bits per heavy atom. The normalized spacial score (nSPS) is 11.2. The number of ether oxygens (including phenoxy) is 1. The molecule has 3 aromatic rings. The smallest absolute Gasteiger partial charge is 0.291 e. The lowest BCUT2D eigenvalue weighted by atomic mass is 9.87. The van der Waals surface area contributed by atoms with Crippen LogP contribution in [0.3, 0.4) is 0 Å². The maximum Gasteiger partial charge on any atom is 0.291 e. The number of ketones is 1. The molecule has 0 radical (unpaired) electrons. The second kappa shape index (κ2) is 8.35. The van der Waals surface area contributed by atoms with E-state index in [1.54, 1.807) is 36.4 Å². The third-order valence-electron chi connectivity index (χ3n) is 4.54. The van der Waals surface area contributed by atoms with Gasteiger partial charge in [-0.25, -0.2) is 0 Å². The average molecular weight is 391 g/mol. The maximum absolute atomic E-state index is 12.3. The number of hydrogen-bond donors (Lipinski definition) is 1. The van der Waals surface area contributed by atoms with E-state index in [1.807, 2.05) is 24.3 Å². The molecule has 2 aromatic carbocycles. The highest BCUT2D eigenvalue weighted by Gasteiger charge is 2.14. The zero-order chi connectivity index (χ0) is 21.0. The van der Waals surface area contributed by atoms with Crippen LogP contribution in [0.2, 0.25) is 0 Å². The van der Waals surface area contributed by atoms with Crippen molar-refractivity contribution in [3.05, 3.63) is 83.3 Å². The lowest BCUT2D eigenvalue weighted by Gasteiger charge is -2.19. The summed E-state index contributed by atoms with van der Waals surface area (Å²) in [6, 6.07) is 18.0. The van der Waals surface area contributed by atoms with Crippen molar-refractivity contribution >= 4 is 17.4 Å². The molecule has 0 aliphatic carbocycles. The van der Waals surface area contributed by atoms with E-state index in [2.05, 4.69) is 26.1 Å². The molecular weight excluding hydrogens is 366 g/mol. The van der Waals surface area contributed by atoms with Gasteiger partial charge in [0.15, 0.2) is 11.5 Å². The van der Waals surface area contributed by atoms with Crippen molar-refractivity contribution in [1.82, 2.24) is 0 Å². The third kappa shape index (κ3) is 5.35. The molecule has 1 N–H and O–H groups in total. The summed E-state index contributed by atoms with van der Waals surface area (Å²) in [5, 5.41) is 2.75. The summed E-state index contributed by atoms with van der Waals surface area (Å²) in [5.41, 5.74) is 2.51. The summed E-state index contributed by atoms with van der Waals surface area (Å²) in [6.07, 6.45) is 0. The van der Waals surface area contributed by atoms with E-state index in [0.717, 1.165) is 5.75 Å². The van der Waals surface area contributed by atoms with E-state index in [-0.39, 0.29) is 29.5 Å². The van der Waals surface area contributed by atoms with Gasteiger partial charge in [0, 0.05) is 11.3 Å². The van der Waals surface area contributed by atoms with Crippen LogP contribution in [-0.4, -0.2) is 11.7 Å². The predicted octanol–water partition coefficient (Wildman–Crippen LogP) is 5.61. The van der Waals surface area contributed by atoms with Gasteiger partial charge in [-0.15, -0.1) is 0 Å². The fourth-order valence-electron chi connectivity index (χ4n) is 2.76. The molecule has 0 saturated heterocycles. The van der Waals surface area contributed by atoms with Crippen molar-refractivity contribution in [3.8, 4) is 5.75 Å². The average Bonchev–Trinajstić information content (AvgIpc) is 3.16. The molecule has 0 fully saturated rings. The third-order valence-corrected chi connectivity index (χ3v) is 4.54. The minimum absolute atomic E-state index is 0.0217. The van der Waals surface area contributed by atoms with E-state index in [0.29, 0.717) is 17.0 Å². The molecule has 0 unspecified atom stereocenters. The van der Waals surface area contributed by atoms with Crippen LogP contribution in [0.15, 0.2) is 65.1 Å². The number of carbonyl (C=O) groups excluding carboxylic acids is 2. The molecule has 0 aliphatic rings. The number of furan rings is 1. The van der Waals surface area contributed by atoms with Crippen molar-refractivity contribution in [1.29, 1.82) is 0 Å². The van der Waals surface area contributed by atoms with Gasteiger partial charge in [-0.3, -0.25) is 9.59 Å². The molecule has 0 saturated carbocycles. The van der Waals surface area contributed by atoms with Gasteiger partial charge >= 0.3 is 0 Å². The molecule has 0 spiro atoms. The van der Waals surface area contributed by atoms with E-state index in [1.165, 1.54) is 12.5 Å². The molecule has 150 valence electrons. The number of amides is 1. The number of hydrogen-bond acceptors (Lipinski definition) is 4. The van der Waals surface area contributed by atoms with Crippen LogP contribution < -0.4 is 10.1 Å². The van der Waals surface area contributed by atoms with Crippen LogP contribution in [0.5, 0.6) is 5.75 Å². The Balaban J connectivity index is 1.57. The topological polar surface area (TPSA) is 68.5 Å². The van der Waals surface area contributed by atoms with Crippen molar-refractivity contribution in [2.45, 2.75) is 39.7 Å². The number of Topliss-reactive ketones (excluding diaryl/α,β-unsaturated/α-hetero) is 1. The molecule has 1 heterocycles. The lowest BCUT2D eigenvalue weighted by Crippen LogP contribution is -2.11. The largest absolute Gasteiger partial charge is 0.486 e. The first-order valence-corrected chi connectivity index (χ1v) is 9.47. The first kappa shape index (κ1) is 20.4. The fraction of sp³-hybridized carbons (Fsp3) is 0.250. The monoisotopic (exact) mass is 391 g/mol. The molecule has 5 heteroatoms. The van der Waals surface area contributed by atoms with Crippen LogP contribution >= 0.6 is 0 Å². The first-order valence-electron chi connectivity index (χ1n) is 9.47. The Bertz CT molecular complexity index is 993. The predicted molar refractivity (Wildman–Crippen MR) is 113 cm³/mol. The van der Waals surface area contributed by atoms with Crippen molar-refractivity contribution in [2.75, 3.05) is 5.32 Å². The molecular formula is C24H25NO4. The minimum Gasteiger partial charge on any atom is -0.486 e. The molecule has 3 rings (SSSR count). The molecule has 0 bridgehead atoms. The van der Waals surface area contributed by atoms with Gasteiger partial charge in [-0.1, -0.05) is 32.9 Å². The number of nitrogens with one attached hydrogen (secondary N) is 1. The minimum atomic E-state index is -0.360. The van der Waals surface area contributed by atoms with E-state index in [9.17, 15) is 9.59 Å². The lowest BCUT2D eigenvalue weighted by molar-refractivity contribution is 0.0990. The first-order chi connectivity index (χ1) is 13.7. The highest BCUT2D eigenvalue weighted by molar-refractivity contribution is 6.02. The Morgan fingerprint density at radius 1 is 0.931 bits per heavy atom. The van der Waals surface area contributed by atoms with E-state index < -0.39 is 0 Å². The van der Waals surface area contributed by atoms with Crippen LogP contribution in [0.4, 0.5) is 5.69 Å². The Labute approximate surface area is 170 Å². The van der Waals surface area contributed by atoms with Gasteiger partial charge in [0.25, 0.3) is 5.91 Å². The van der Waals surface area contributed by atoms with Gasteiger partial charge < -0.3 is 14.5 Å². The highest BCUT2D eigenvalue weighted by Crippen LogP contribution is 2.24. The van der Waals surface area contributed by atoms with Gasteiger partial charge in [-0.2, -0.15) is 0 Å². The molecule has 1 amide bonds. The molecule has 29 heavy (non-hydrogen) atoms. The fourth-order valence-corrected chi connectivity index (χ4v) is 2.76. The zero-order valence-electron chi connectivity index (χ0n) is 17.1. The molecule has 5 nitrogen and oxygen atoms in total. The summed E-state index contributed by atoms with van der Waals surface area (Å²) < 4.78 is 11.3. The summed E-state index contributed by atoms with van der Waals surface area (Å²) in [7, 11) is 0. The van der Waals surface area contributed by atoms with Gasteiger partial charge in [0.2, 0.25) is 0 Å². The second-order valence-corrected chi connectivity index (χ2v) is 7.92. The van der Waals surface area contributed by atoms with Crippen LogP contribution in [0.25, 0.3) is 0 Å². The van der Waals surface area contributed by atoms with Crippen molar-refractivity contribution < 1.29 is 18.7 Å². The summed E-state index contributed by atoms with van der Waals surface area (Å²) in [6.45, 7) is 8.22. The van der Waals surface area contributed by atoms with Gasteiger partial charge in [0.05, 0.1) is 0 Å². The SMILES string of the molecule is CC(=O)c1ccc(NC(=O)c2ccc(COc3ccc(C(C)(C)C)cc3)o2)cc1. The van der Waals surface area contributed by atoms with Crippen LogP contribution in [-0.2, 0) is 12.0 Å². The number of rotatable bonds is 6. The number of anilines is 1. The van der Waals surface area contributed by atoms with E-state index in [4.69, 9.17) is 9.15 Å². The Hall–Kier alpha value is -3.34. The Kier molecular flexibility index (Phi) is 5.87. The standard InChI is InChI=1S/C24H25NO4/c1-16(26)17-5-9-19(10-6-17)25-23(27)22-14-13-21(29-22)15-28-20-11-7-18(8-12-20)24(2,3)4/h5-14H,15H2,1-4H3,(H,25,27). The van der Waals surface area contributed by atoms with Crippen LogP contribution in [0.1, 0.15) is 59.9 Å².